The maximum absolute atomic E-state index is 13.7. The van der Waals surface area contributed by atoms with Crippen LogP contribution in [0.4, 0.5) is 17.2 Å². The van der Waals surface area contributed by atoms with Crippen LogP contribution >= 0.6 is 0 Å². The van der Waals surface area contributed by atoms with Crippen LogP contribution in [-0.4, -0.2) is 37.2 Å². The number of nitrogens with one attached hydrogen (secondary N) is 2. The summed E-state index contributed by atoms with van der Waals surface area (Å²) in [5, 5.41) is 9.71. The number of fused-ring (bicyclic) bond motifs is 1. The Morgan fingerprint density at radius 3 is 2.41 bits per heavy atom. The Kier molecular flexibility index (Phi) is 7.17. The highest BCUT2D eigenvalue weighted by Gasteiger charge is 2.40. The van der Waals surface area contributed by atoms with Gasteiger partial charge in [0.05, 0.1) is 11.6 Å². The van der Waals surface area contributed by atoms with E-state index in [4.69, 9.17) is 4.52 Å². The highest BCUT2D eigenvalue weighted by atomic mass is 16.5. The predicted molar refractivity (Wildman–Crippen MR) is 164 cm³/mol. The fourth-order valence-electron chi connectivity index (χ4n) is 5.58. The van der Waals surface area contributed by atoms with Gasteiger partial charge in [0.1, 0.15) is 11.5 Å². The van der Waals surface area contributed by atoms with Gasteiger partial charge < -0.3 is 20.1 Å². The number of rotatable bonds is 7. The third kappa shape index (κ3) is 4.96. The molecule has 0 saturated heterocycles. The van der Waals surface area contributed by atoms with Gasteiger partial charge in [-0.15, -0.1) is 0 Å². The fourth-order valence-corrected chi connectivity index (χ4v) is 5.58. The van der Waals surface area contributed by atoms with Crippen LogP contribution in [0.3, 0.4) is 0 Å². The zero-order valence-corrected chi connectivity index (χ0v) is 24.5. The second-order valence-corrected chi connectivity index (χ2v) is 10.5. The molecular weight excluding hydrogens is 562 g/mol. The fraction of sp³-hybridized carbons (Fsp3) is 0.188. The highest BCUT2D eigenvalue weighted by Crippen LogP contribution is 2.41. The summed E-state index contributed by atoms with van der Waals surface area (Å²) in [6, 6.07) is 16.5. The smallest absolute Gasteiger partial charge is 0.290 e. The van der Waals surface area contributed by atoms with Gasteiger partial charge >= 0.3 is 0 Å². The second kappa shape index (κ2) is 11.1. The Labute approximate surface area is 251 Å². The SMILES string of the molecule is CCC1c2c(ccnc2C(=O)Nc2cccc(C(=O)Nc3ccn(C)n3)c2)C(=O)N1c1ccc(-c2c(C)on(C)c2=O)cc1. The summed E-state index contributed by atoms with van der Waals surface area (Å²) in [4.78, 5) is 58.6. The van der Waals surface area contributed by atoms with Crippen molar-refractivity contribution < 1.29 is 18.9 Å². The van der Waals surface area contributed by atoms with Gasteiger partial charge in [0.25, 0.3) is 23.3 Å². The van der Waals surface area contributed by atoms with Gasteiger partial charge in [-0.05, 0) is 55.3 Å². The average Bonchev–Trinajstić information content (AvgIpc) is 3.64. The van der Waals surface area contributed by atoms with Gasteiger partial charge in [0.15, 0.2) is 5.82 Å². The molecule has 12 nitrogen and oxygen atoms in total. The van der Waals surface area contributed by atoms with Crippen molar-refractivity contribution in [1.82, 2.24) is 19.5 Å². The number of anilines is 3. The van der Waals surface area contributed by atoms with E-state index in [-0.39, 0.29) is 23.1 Å². The Bertz CT molecular complexity index is 1990. The molecule has 0 spiro atoms. The summed E-state index contributed by atoms with van der Waals surface area (Å²) in [5.74, 6) is -0.215. The Morgan fingerprint density at radius 2 is 1.75 bits per heavy atom. The molecule has 6 rings (SSSR count). The topological polar surface area (TPSA) is 144 Å². The van der Waals surface area contributed by atoms with Crippen molar-refractivity contribution in [2.24, 2.45) is 14.1 Å². The van der Waals surface area contributed by atoms with Crippen molar-refractivity contribution in [2.75, 3.05) is 15.5 Å². The number of carbonyl (C=O) groups is 3. The van der Waals surface area contributed by atoms with Crippen LogP contribution in [0.5, 0.6) is 0 Å². The van der Waals surface area contributed by atoms with Crippen molar-refractivity contribution in [2.45, 2.75) is 26.3 Å². The number of hydrogen-bond donors (Lipinski definition) is 2. The maximum Gasteiger partial charge on any atom is 0.290 e. The van der Waals surface area contributed by atoms with Crippen LogP contribution in [0.1, 0.15) is 61.9 Å². The quantitative estimate of drug-likeness (QED) is 0.279. The first kappa shape index (κ1) is 28.3. The van der Waals surface area contributed by atoms with Gasteiger partial charge in [-0.2, -0.15) is 9.84 Å². The van der Waals surface area contributed by atoms with E-state index in [1.807, 2.05) is 6.92 Å². The lowest BCUT2D eigenvalue weighted by atomic mass is 10.00. The van der Waals surface area contributed by atoms with Crippen molar-refractivity contribution in [3.8, 4) is 11.1 Å². The number of amides is 3. The van der Waals surface area contributed by atoms with E-state index in [1.165, 1.54) is 10.9 Å². The Morgan fingerprint density at radius 1 is 0.977 bits per heavy atom. The lowest BCUT2D eigenvalue weighted by Gasteiger charge is -2.25. The third-order valence-electron chi connectivity index (χ3n) is 7.58. The molecule has 1 atom stereocenters. The van der Waals surface area contributed by atoms with Crippen LogP contribution in [0.25, 0.3) is 11.1 Å². The molecule has 12 heteroatoms. The second-order valence-electron chi connectivity index (χ2n) is 10.5. The summed E-state index contributed by atoms with van der Waals surface area (Å²) < 4.78 is 8.17. The van der Waals surface area contributed by atoms with Crippen LogP contribution < -0.4 is 21.1 Å². The minimum Gasteiger partial charge on any atom is -0.381 e. The Hall–Kier alpha value is -5.78. The largest absolute Gasteiger partial charge is 0.381 e. The number of carbonyl (C=O) groups excluding carboxylic acids is 3. The minimum atomic E-state index is -0.501. The van der Waals surface area contributed by atoms with E-state index in [9.17, 15) is 19.2 Å². The van der Waals surface area contributed by atoms with Crippen LogP contribution in [0, 0.1) is 6.92 Å². The van der Waals surface area contributed by atoms with Gasteiger partial charge in [-0.25, -0.2) is 0 Å². The van der Waals surface area contributed by atoms with Crippen LogP contribution in [-0.2, 0) is 14.1 Å². The first-order chi connectivity index (χ1) is 21.2. The molecule has 4 heterocycles. The zero-order valence-electron chi connectivity index (χ0n) is 24.5. The minimum absolute atomic E-state index is 0.127. The molecule has 5 aromatic rings. The number of nitrogens with zero attached hydrogens (tertiary/aromatic N) is 5. The standard InChI is InChI=1S/C32H29N7O5/c1-5-24-27-23(31(42)39(24)22-11-9-19(10-12-22)26-18(2)44-38(4)32(26)43)13-15-33-28(27)30(41)34-21-8-6-7-20(17-21)29(40)35-25-14-16-37(3)36-25/h6-17,24H,5H2,1-4H3,(H,34,41)(H,35,36,40). The normalized spacial score (nSPS) is 14.0. The molecule has 2 aromatic carbocycles. The number of benzene rings is 2. The molecule has 0 saturated carbocycles. The molecule has 1 unspecified atom stereocenters. The van der Waals surface area contributed by atoms with Gasteiger partial charge in [-0.3, -0.25) is 28.8 Å². The summed E-state index contributed by atoms with van der Waals surface area (Å²) in [6.45, 7) is 3.66. The van der Waals surface area contributed by atoms with Crippen molar-refractivity contribution in [1.29, 1.82) is 0 Å². The molecular formula is C32H29N7O5. The van der Waals surface area contributed by atoms with Crippen molar-refractivity contribution in [3.05, 3.63) is 112 Å². The van der Waals surface area contributed by atoms with Crippen LogP contribution in [0.15, 0.2) is 82.4 Å². The van der Waals surface area contributed by atoms with Gasteiger partial charge in [0, 0.05) is 60.6 Å². The van der Waals surface area contributed by atoms with Crippen molar-refractivity contribution >= 4 is 34.9 Å². The van der Waals surface area contributed by atoms with E-state index >= 15 is 0 Å². The van der Waals surface area contributed by atoms with Crippen LogP contribution in [0.2, 0.25) is 0 Å². The average molecular weight is 592 g/mol. The van der Waals surface area contributed by atoms with E-state index in [1.54, 1.807) is 97.5 Å². The van der Waals surface area contributed by atoms with E-state index < -0.39 is 11.9 Å². The number of hydrogen-bond acceptors (Lipinski definition) is 7. The summed E-state index contributed by atoms with van der Waals surface area (Å²) in [6.07, 6.45) is 3.68. The Balaban J connectivity index is 1.26. The summed E-state index contributed by atoms with van der Waals surface area (Å²) in [7, 11) is 3.30. The number of pyridine rings is 1. The molecule has 44 heavy (non-hydrogen) atoms. The molecule has 0 aliphatic carbocycles. The van der Waals surface area contributed by atoms with E-state index in [0.717, 1.165) is 0 Å². The van der Waals surface area contributed by atoms with Crippen molar-refractivity contribution in [3.63, 3.8) is 0 Å². The van der Waals surface area contributed by atoms with E-state index in [2.05, 4.69) is 20.7 Å². The first-order valence-electron chi connectivity index (χ1n) is 14.0. The first-order valence-corrected chi connectivity index (χ1v) is 14.0. The molecule has 0 fully saturated rings. The molecule has 2 N–H and O–H groups in total. The molecule has 0 bridgehead atoms. The molecule has 1 aliphatic rings. The van der Waals surface area contributed by atoms with Gasteiger partial charge in [0.2, 0.25) is 0 Å². The van der Waals surface area contributed by atoms with E-state index in [0.29, 0.717) is 57.2 Å². The lowest BCUT2D eigenvalue weighted by molar-refractivity contribution is 0.0988. The summed E-state index contributed by atoms with van der Waals surface area (Å²) in [5.41, 5.74) is 3.30. The zero-order chi connectivity index (χ0) is 31.1. The molecule has 3 aromatic heterocycles. The number of aromatic nitrogens is 4. The molecule has 0 radical (unpaired) electrons. The third-order valence-corrected chi connectivity index (χ3v) is 7.58. The number of aryl methyl sites for hydroxylation is 3. The maximum atomic E-state index is 13.7. The molecule has 3 amide bonds. The molecule has 1 aliphatic heterocycles. The molecule has 222 valence electrons. The lowest BCUT2D eigenvalue weighted by Crippen LogP contribution is -2.28. The predicted octanol–water partition coefficient (Wildman–Crippen LogP) is 4.70. The monoisotopic (exact) mass is 591 g/mol. The highest BCUT2D eigenvalue weighted by molar-refractivity contribution is 6.15. The van der Waals surface area contributed by atoms with Gasteiger partial charge in [-0.1, -0.05) is 25.1 Å². The summed E-state index contributed by atoms with van der Waals surface area (Å²) >= 11 is 0.